The number of rotatable bonds is 2. The predicted molar refractivity (Wildman–Crippen MR) is 71.7 cm³/mol. The molecule has 1 aliphatic heterocycles. The molecule has 0 bridgehead atoms. The van der Waals surface area contributed by atoms with Crippen molar-refractivity contribution >= 4 is 24.5 Å². The van der Waals surface area contributed by atoms with Gasteiger partial charge in [-0.3, -0.25) is 0 Å². The highest BCUT2D eigenvalue weighted by Crippen LogP contribution is 2.37. The lowest BCUT2D eigenvalue weighted by Crippen LogP contribution is -2.47. The van der Waals surface area contributed by atoms with Crippen molar-refractivity contribution in [3.05, 3.63) is 35.4 Å². The van der Waals surface area contributed by atoms with Gasteiger partial charge in [0.25, 0.3) is 0 Å². The third-order valence-electron chi connectivity index (χ3n) is 3.12. The molecule has 1 aromatic rings. The zero-order chi connectivity index (χ0) is 13.3. The molecule has 0 spiro atoms. The van der Waals surface area contributed by atoms with E-state index in [2.05, 4.69) is 5.32 Å². The van der Waals surface area contributed by atoms with Crippen LogP contribution in [0.3, 0.4) is 0 Å². The molecule has 1 aliphatic rings. The van der Waals surface area contributed by atoms with Gasteiger partial charge < -0.3 is 15.2 Å². The highest BCUT2D eigenvalue weighted by atomic mass is 35.5. The largest absolute Gasteiger partial charge is 0.478 e. The highest BCUT2D eigenvalue weighted by Gasteiger charge is 2.39. The smallest absolute Gasteiger partial charge is 0.407 e. The number of nitrogens with one attached hydrogen (secondary N) is 1. The Morgan fingerprint density at radius 2 is 2.05 bits per heavy atom. The summed E-state index contributed by atoms with van der Waals surface area (Å²) in [5.74, 6) is -0.998. The summed E-state index contributed by atoms with van der Waals surface area (Å²) < 4.78 is 4.95. The topological polar surface area (TPSA) is 75.6 Å². The molecular weight excluding hydrogens is 270 g/mol. The van der Waals surface area contributed by atoms with Crippen molar-refractivity contribution in [2.45, 2.75) is 19.9 Å². The maximum absolute atomic E-state index is 11.3. The van der Waals surface area contributed by atoms with E-state index >= 15 is 0 Å². The lowest BCUT2D eigenvalue weighted by Gasteiger charge is -2.39. The number of amides is 1. The monoisotopic (exact) mass is 285 g/mol. The molecule has 0 aromatic heterocycles. The molecule has 0 unspecified atom stereocenters. The quantitative estimate of drug-likeness (QED) is 0.876. The van der Waals surface area contributed by atoms with Gasteiger partial charge >= 0.3 is 12.1 Å². The van der Waals surface area contributed by atoms with Crippen LogP contribution in [0.4, 0.5) is 4.79 Å². The second-order valence-corrected chi connectivity index (χ2v) is 5.03. The zero-order valence-electron chi connectivity index (χ0n) is 10.7. The van der Waals surface area contributed by atoms with Crippen LogP contribution in [0.5, 0.6) is 0 Å². The molecule has 19 heavy (non-hydrogen) atoms. The van der Waals surface area contributed by atoms with Crippen LogP contribution in [-0.4, -0.2) is 23.8 Å². The summed E-state index contributed by atoms with van der Waals surface area (Å²) in [6.07, 6.45) is -0.514. The Morgan fingerprint density at radius 1 is 1.42 bits per heavy atom. The van der Waals surface area contributed by atoms with E-state index in [4.69, 9.17) is 4.74 Å². The second-order valence-electron chi connectivity index (χ2n) is 5.03. The molecule has 1 amide bonds. The number of carbonyl (C=O) groups is 2. The van der Waals surface area contributed by atoms with Gasteiger partial charge in [0.2, 0.25) is 0 Å². The van der Waals surface area contributed by atoms with Crippen molar-refractivity contribution in [2.24, 2.45) is 5.41 Å². The SMILES string of the molecule is CC1(C)COC(=O)N[C@H]1c1ccccc1C(=O)O.Cl. The van der Waals surface area contributed by atoms with Crippen LogP contribution in [0, 0.1) is 5.41 Å². The third-order valence-corrected chi connectivity index (χ3v) is 3.12. The number of ether oxygens (including phenoxy) is 1. The van der Waals surface area contributed by atoms with E-state index in [1.54, 1.807) is 18.2 Å². The molecule has 2 N–H and O–H groups in total. The van der Waals surface area contributed by atoms with Crippen LogP contribution in [0.25, 0.3) is 0 Å². The minimum Gasteiger partial charge on any atom is -0.478 e. The van der Waals surface area contributed by atoms with E-state index in [9.17, 15) is 14.7 Å². The molecule has 1 saturated heterocycles. The van der Waals surface area contributed by atoms with Gasteiger partial charge in [-0.2, -0.15) is 0 Å². The van der Waals surface area contributed by atoms with Crippen LogP contribution in [0.2, 0.25) is 0 Å². The number of aromatic carboxylic acids is 1. The number of halogens is 1. The number of alkyl carbamates (subject to hydrolysis) is 1. The van der Waals surface area contributed by atoms with Crippen LogP contribution in [0.15, 0.2) is 24.3 Å². The molecule has 5 nitrogen and oxygen atoms in total. The van der Waals surface area contributed by atoms with Crippen LogP contribution in [0.1, 0.15) is 35.8 Å². The minimum absolute atomic E-state index is 0. The number of hydrogen-bond acceptors (Lipinski definition) is 3. The van der Waals surface area contributed by atoms with Gasteiger partial charge in [-0.15, -0.1) is 12.4 Å². The number of carboxylic acid groups (broad SMARTS) is 1. The van der Waals surface area contributed by atoms with Crippen molar-refractivity contribution < 1.29 is 19.4 Å². The van der Waals surface area contributed by atoms with E-state index in [0.29, 0.717) is 5.56 Å². The van der Waals surface area contributed by atoms with Crippen LogP contribution in [-0.2, 0) is 4.74 Å². The highest BCUT2D eigenvalue weighted by molar-refractivity contribution is 5.89. The van der Waals surface area contributed by atoms with Gasteiger partial charge in [0.1, 0.15) is 6.61 Å². The summed E-state index contributed by atoms with van der Waals surface area (Å²) in [4.78, 5) is 22.5. The Hall–Kier alpha value is -1.75. The Kier molecular flexibility index (Phi) is 4.42. The predicted octanol–water partition coefficient (Wildman–Crippen LogP) is 2.61. The average molecular weight is 286 g/mol. The summed E-state index contributed by atoms with van der Waals surface area (Å²) in [5.41, 5.74) is 0.448. The first-order valence-electron chi connectivity index (χ1n) is 5.67. The number of cyclic esters (lactones) is 1. The molecule has 104 valence electrons. The van der Waals surface area contributed by atoms with Crippen LogP contribution >= 0.6 is 12.4 Å². The first-order chi connectivity index (χ1) is 8.42. The Labute approximate surface area is 117 Å². The summed E-state index contributed by atoms with van der Waals surface area (Å²) >= 11 is 0. The van der Waals surface area contributed by atoms with E-state index in [1.165, 1.54) is 6.07 Å². The minimum atomic E-state index is -0.998. The summed E-state index contributed by atoms with van der Waals surface area (Å²) in [6, 6.07) is 6.32. The molecule has 0 radical (unpaired) electrons. The van der Waals surface area contributed by atoms with Gasteiger partial charge in [0, 0.05) is 5.41 Å². The number of carbonyl (C=O) groups excluding carboxylic acids is 1. The number of benzene rings is 1. The maximum Gasteiger partial charge on any atom is 0.407 e. The van der Waals surface area contributed by atoms with Crippen molar-refractivity contribution in [3.8, 4) is 0 Å². The van der Waals surface area contributed by atoms with Crippen molar-refractivity contribution in [2.75, 3.05) is 6.61 Å². The normalized spacial score (nSPS) is 20.7. The molecule has 0 saturated carbocycles. The van der Waals surface area contributed by atoms with Gasteiger partial charge in [-0.05, 0) is 11.6 Å². The Morgan fingerprint density at radius 3 is 2.68 bits per heavy atom. The van der Waals surface area contributed by atoms with Crippen molar-refractivity contribution in [1.82, 2.24) is 5.32 Å². The first-order valence-corrected chi connectivity index (χ1v) is 5.67. The lowest BCUT2D eigenvalue weighted by molar-refractivity contribution is 0.0378. The van der Waals surface area contributed by atoms with E-state index in [-0.39, 0.29) is 36.0 Å². The molecule has 1 heterocycles. The fourth-order valence-electron chi connectivity index (χ4n) is 2.13. The molecule has 1 atom stereocenters. The molecule has 6 heteroatoms. The Balaban J connectivity index is 0.00000180. The first kappa shape index (κ1) is 15.3. The van der Waals surface area contributed by atoms with Crippen molar-refractivity contribution in [3.63, 3.8) is 0 Å². The second kappa shape index (κ2) is 5.48. The summed E-state index contributed by atoms with van der Waals surface area (Å²) in [6.45, 7) is 4.11. The lowest BCUT2D eigenvalue weighted by atomic mass is 9.79. The van der Waals surface area contributed by atoms with E-state index in [1.807, 2.05) is 13.8 Å². The maximum atomic E-state index is 11.3. The standard InChI is InChI=1S/C13H15NO4.ClH/c1-13(2)7-18-12(17)14-10(13)8-5-3-4-6-9(8)11(15)16;/h3-6,10H,7H2,1-2H3,(H,14,17)(H,15,16);1H/t10-;/m0./s1. The van der Waals surface area contributed by atoms with Crippen LogP contribution < -0.4 is 5.32 Å². The summed E-state index contributed by atoms with van der Waals surface area (Å²) in [7, 11) is 0. The molecule has 0 aliphatic carbocycles. The van der Waals surface area contributed by atoms with Gasteiger partial charge in [-0.1, -0.05) is 32.0 Å². The average Bonchev–Trinajstić information content (AvgIpc) is 2.32. The van der Waals surface area contributed by atoms with Gasteiger partial charge in [-0.25, -0.2) is 9.59 Å². The van der Waals surface area contributed by atoms with E-state index < -0.39 is 12.1 Å². The Bertz CT molecular complexity index is 501. The molecule has 2 rings (SSSR count). The number of carboxylic acids is 1. The summed E-state index contributed by atoms with van der Waals surface area (Å²) in [5, 5.41) is 11.9. The fraction of sp³-hybridized carbons (Fsp3) is 0.385. The van der Waals surface area contributed by atoms with Gasteiger partial charge in [0.15, 0.2) is 0 Å². The molecule has 1 aromatic carbocycles. The van der Waals surface area contributed by atoms with E-state index in [0.717, 1.165) is 0 Å². The number of hydrogen-bond donors (Lipinski definition) is 2. The fourth-order valence-corrected chi connectivity index (χ4v) is 2.13. The molecule has 1 fully saturated rings. The molecular formula is C13H16ClNO4. The third kappa shape index (κ3) is 2.98. The van der Waals surface area contributed by atoms with Gasteiger partial charge in [0.05, 0.1) is 11.6 Å². The van der Waals surface area contributed by atoms with Crippen molar-refractivity contribution in [1.29, 1.82) is 0 Å². The zero-order valence-corrected chi connectivity index (χ0v) is 11.5.